The van der Waals surface area contributed by atoms with Crippen molar-refractivity contribution >= 4 is 35.0 Å². The van der Waals surface area contributed by atoms with E-state index in [9.17, 15) is 10.1 Å². The van der Waals surface area contributed by atoms with Crippen molar-refractivity contribution < 1.29 is 9.53 Å². The molecule has 2 aromatic rings. The molecule has 0 radical (unpaired) electrons. The van der Waals surface area contributed by atoms with Gasteiger partial charge in [-0.05, 0) is 55.9 Å². The normalized spacial score (nSPS) is 12.8. The van der Waals surface area contributed by atoms with Gasteiger partial charge < -0.3 is 10.1 Å². The standard InChI is InChI=1S/C21H22ClN3O2S/c1-13-9-18(19(27-2)11-16(13)22)24-20(26)7-8-28-21-15(12-23)10-14-5-3-4-6-17(14)25-21/h9-11H,3-8H2,1-2H3,(H,24,26). The third-order valence-electron chi connectivity index (χ3n) is 4.71. The zero-order chi connectivity index (χ0) is 20.1. The van der Waals surface area contributed by atoms with Gasteiger partial charge >= 0.3 is 0 Å². The minimum atomic E-state index is -0.121. The molecule has 5 nitrogen and oxygen atoms in total. The van der Waals surface area contributed by atoms with E-state index >= 15 is 0 Å². The zero-order valence-corrected chi connectivity index (χ0v) is 17.5. The van der Waals surface area contributed by atoms with Crippen molar-refractivity contribution in [3.63, 3.8) is 0 Å². The zero-order valence-electron chi connectivity index (χ0n) is 16.0. The van der Waals surface area contributed by atoms with Crippen LogP contribution in [-0.2, 0) is 17.6 Å². The van der Waals surface area contributed by atoms with E-state index in [1.165, 1.54) is 24.4 Å². The second kappa shape index (κ2) is 9.31. The third kappa shape index (κ3) is 4.78. The summed E-state index contributed by atoms with van der Waals surface area (Å²) < 4.78 is 5.29. The summed E-state index contributed by atoms with van der Waals surface area (Å²) in [6, 6.07) is 7.69. The Labute approximate surface area is 174 Å². The lowest BCUT2D eigenvalue weighted by Crippen LogP contribution is -2.13. The van der Waals surface area contributed by atoms with Gasteiger partial charge in [0, 0.05) is 29.0 Å². The maximum Gasteiger partial charge on any atom is 0.225 e. The number of fused-ring (bicyclic) bond motifs is 1. The molecule has 1 N–H and O–H groups in total. The Morgan fingerprint density at radius 1 is 1.36 bits per heavy atom. The summed E-state index contributed by atoms with van der Waals surface area (Å²) >= 11 is 7.55. The van der Waals surface area contributed by atoms with Crippen LogP contribution in [0.1, 0.15) is 41.6 Å². The summed E-state index contributed by atoms with van der Waals surface area (Å²) in [6.45, 7) is 1.87. The highest BCUT2D eigenvalue weighted by molar-refractivity contribution is 7.99. The van der Waals surface area contributed by atoms with Gasteiger partial charge in [0.1, 0.15) is 16.8 Å². The van der Waals surface area contributed by atoms with Crippen LogP contribution in [0.25, 0.3) is 0 Å². The monoisotopic (exact) mass is 415 g/mol. The van der Waals surface area contributed by atoms with Gasteiger partial charge in [0.05, 0.1) is 18.4 Å². The topological polar surface area (TPSA) is 75.0 Å². The number of nitriles is 1. The second-order valence-electron chi connectivity index (χ2n) is 6.71. The summed E-state index contributed by atoms with van der Waals surface area (Å²) in [5.74, 6) is 0.949. The van der Waals surface area contributed by atoms with Crippen LogP contribution >= 0.6 is 23.4 Å². The first-order valence-corrected chi connectivity index (χ1v) is 10.6. The first kappa shape index (κ1) is 20.5. The molecule has 3 rings (SSSR count). The molecule has 0 bridgehead atoms. The Morgan fingerprint density at radius 3 is 2.89 bits per heavy atom. The quantitative estimate of drug-likeness (QED) is 0.677. The maximum absolute atomic E-state index is 12.4. The molecule has 0 unspecified atom stereocenters. The van der Waals surface area contributed by atoms with E-state index < -0.39 is 0 Å². The van der Waals surface area contributed by atoms with Crippen LogP contribution in [0.15, 0.2) is 23.2 Å². The molecule has 7 heteroatoms. The van der Waals surface area contributed by atoms with Crippen LogP contribution in [0, 0.1) is 18.3 Å². The summed E-state index contributed by atoms with van der Waals surface area (Å²) in [5, 5.41) is 13.6. The number of halogens is 1. The summed E-state index contributed by atoms with van der Waals surface area (Å²) in [7, 11) is 1.54. The molecule has 0 fully saturated rings. The first-order valence-electron chi connectivity index (χ1n) is 9.21. The Morgan fingerprint density at radius 2 is 2.14 bits per heavy atom. The number of aromatic nitrogens is 1. The lowest BCUT2D eigenvalue weighted by atomic mass is 9.95. The van der Waals surface area contributed by atoms with E-state index in [1.807, 2.05) is 13.0 Å². The van der Waals surface area contributed by atoms with Crippen LogP contribution in [0.3, 0.4) is 0 Å². The number of amides is 1. The van der Waals surface area contributed by atoms with Crippen LogP contribution in [-0.4, -0.2) is 23.8 Å². The lowest BCUT2D eigenvalue weighted by Gasteiger charge is -2.16. The summed E-state index contributed by atoms with van der Waals surface area (Å²) in [5.41, 5.74) is 4.35. The van der Waals surface area contributed by atoms with Gasteiger partial charge in [-0.25, -0.2) is 4.98 Å². The van der Waals surface area contributed by atoms with Gasteiger partial charge in [-0.2, -0.15) is 5.26 Å². The number of hydrogen-bond donors (Lipinski definition) is 1. The Kier molecular flexibility index (Phi) is 6.82. The molecule has 0 saturated carbocycles. The number of carbonyl (C=O) groups excluding carboxylic acids is 1. The van der Waals surface area contributed by atoms with Gasteiger partial charge in [0.15, 0.2) is 0 Å². The van der Waals surface area contributed by atoms with Gasteiger partial charge in [0.25, 0.3) is 0 Å². The number of rotatable bonds is 6. The molecule has 0 spiro atoms. The van der Waals surface area contributed by atoms with E-state index in [0.29, 0.717) is 34.2 Å². The van der Waals surface area contributed by atoms with E-state index in [-0.39, 0.29) is 5.91 Å². The molecule has 0 atom stereocenters. The van der Waals surface area contributed by atoms with Crippen molar-refractivity contribution in [3.8, 4) is 11.8 Å². The molecule has 1 heterocycles. The average Bonchev–Trinajstić information content (AvgIpc) is 2.69. The second-order valence-corrected chi connectivity index (χ2v) is 8.20. The Hall–Kier alpha value is -2.23. The van der Waals surface area contributed by atoms with Crippen LogP contribution < -0.4 is 10.1 Å². The largest absolute Gasteiger partial charge is 0.495 e. The smallest absolute Gasteiger partial charge is 0.225 e. The highest BCUT2D eigenvalue weighted by atomic mass is 35.5. The number of benzene rings is 1. The van der Waals surface area contributed by atoms with E-state index in [4.69, 9.17) is 16.3 Å². The molecule has 1 aliphatic rings. The van der Waals surface area contributed by atoms with Crippen molar-refractivity contribution in [3.05, 3.63) is 45.6 Å². The molecule has 1 amide bonds. The number of thioether (sulfide) groups is 1. The molecule has 146 valence electrons. The number of methoxy groups -OCH3 is 1. The number of hydrogen-bond acceptors (Lipinski definition) is 5. The average molecular weight is 416 g/mol. The van der Waals surface area contributed by atoms with Gasteiger partial charge in [0.2, 0.25) is 5.91 Å². The molecule has 1 aromatic carbocycles. The van der Waals surface area contributed by atoms with E-state index in [1.54, 1.807) is 12.1 Å². The fraction of sp³-hybridized carbons (Fsp3) is 0.381. The molecule has 1 aliphatic carbocycles. The molecular formula is C21H22ClN3O2S. The first-order chi connectivity index (χ1) is 13.5. The number of nitrogens with one attached hydrogen (secondary N) is 1. The van der Waals surface area contributed by atoms with Crippen molar-refractivity contribution in [2.24, 2.45) is 0 Å². The molecule has 1 aromatic heterocycles. The molecule has 0 saturated heterocycles. The molecule has 0 aliphatic heterocycles. The highest BCUT2D eigenvalue weighted by Crippen LogP contribution is 2.31. The Balaban J connectivity index is 1.62. The number of anilines is 1. The van der Waals surface area contributed by atoms with Gasteiger partial charge in [-0.15, -0.1) is 11.8 Å². The third-order valence-corrected chi connectivity index (χ3v) is 6.11. The fourth-order valence-electron chi connectivity index (χ4n) is 3.19. The van der Waals surface area contributed by atoms with Crippen LogP contribution in [0.5, 0.6) is 5.75 Å². The van der Waals surface area contributed by atoms with Crippen molar-refractivity contribution in [2.45, 2.75) is 44.1 Å². The Bertz CT molecular complexity index is 940. The fourth-order valence-corrected chi connectivity index (χ4v) is 4.26. The highest BCUT2D eigenvalue weighted by Gasteiger charge is 2.16. The minimum Gasteiger partial charge on any atom is -0.495 e. The minimum absolute atomic E-state index is 0.121. The van der Waals surface area contributed by atoms with Crippen molar-refractivity contribution in [1.29, 1.82) is 5.26 Å². The van der Waals surface area contributed by atoms with Crippen LogP contribution in [0.2, 0.25) is 5.02 Å². The predicted molar refractivity (Wildman–Crippen MR) is 112 cm³/mol. The predicted octanol–water partition coefficient (Wildman–Crippen LogP) is 4.92. The number of ether oxygens (including phenoxy) is 1. The molecular weight excluding hydrogens is 394 g/mol. The molecule has 28 heavy (non-hydrogen) atoms. The lowest BCUT2D eigenvalue weighted by molar-refractivity contribution is -0.115. The maximum atomic E-state index is 12.4. The summed E-state index contributed by atoms with van der Waals surface area (Å²) in [4.78, 5) is 17.0. The van der Waals surface area contributed by atoms with Crippen molar-refractivity contribution in [1.82, 2.24) is 4.98 Å². The van der Waals surface area contributed by atoms with Gasteiger partial charge in [-0.1, -0.05) is 11.6 Å². The number of nitrogens with zero attached hydrogens (tertiary/aromatic N) is 2. The van der Waals surface area contributed by atoms with Crippen molar-refractivity contribution in [2.75, 3.05) is 18.2 Å². The SMILES string of the molecule is COc1cc(Cl)c(C)cc1NC(=O)CCSc1nc2c(cc1C#N)CCCC2. The summed E-state index contributed by atoms with van der Waals surface area (Å²) in [6.07, 6.45) is 4.55. The van der Waals surface area contributed by atoms with Crippen LogP contribution in [0.4, 0.5) is 5.69 Å². The van der Waals surface area contributed by atoms with E-state index in [2.05, 4.69) is 16.4 Å². The van der Waals surface area contributed by atoms with Gasteiger partial charge in [-0.3, -0.25) is 4.79 Å². The number of pyridine rings is 1. The number of aryl methyl sites for hydroxylation is 3. The number of carbonyl (C=O) groups is 1. The van der Waals surface area contributed by atoms with E-state index in [0.717, 1.165) is 42.0 Å².